The van der Waals surface area contributed by atoms with E-state index >= 15 is 0 Å². The average molecular weight is 226 g/mol. The summed E-state index contributed by atoms with van der Waals surface area (Å²) in [6.07, 6.45) is 3.98. The van der Waals surface area contributed by atoms with Crippen molar-refractivity contribution in [1.82, 2.24) is 0 Å². The molecule has 0 saturated heterocycles. The number of allylic oxidation sites excluding steroid dienone is 1. The third-order valence-electron chi connectivity index (χ3n) is 2.16. The topological polar surface area (TPSA) is 18.5 Å². The molecular weight excluding hydrogens is 199 g/mol. The summed E-state index contributed by atoms with van der Waals surface area (Å²) in [5.74, 6) is 2.11. The Balaban J connectivity index is 4.26. The Morgan fingerprint density at radius 3 is 2.00 bits per heavy atom. The van der Waals surface area contributed by atoms with Crippen LogP contribution in [0.4, 0.5) is 0 Å². The highest BCUT2D eigenvalue weighted by atomic mass is 16.6. The van der Waals surface area contributed by atoms with Gasteiger partial charge < -0.3 is 9.31 Å². The molecule has 0 aromatic rings. The van der Waals surface area contributed by atoms with E-state index in [1.165, 1.54) is 18.4 Å². The molecule has 0 aliphatic carbocycles. The van der Waals surface area contributed by atoms with E-state index in [2.05, 4.69) is 19.8 Å². The van der Waals surface area contributed by atoms with Gasteiger partial charge in [0.05, 0.1) is 0 Å². The Kier molecular flexibility index (Phi) is 8.68. The van der Waals surface area contributed by atoms with Crippen molar-refractivity contribution < 1.29 is 9.31 Å². The summed E-state index contributed by atoms with van der Waals surface area (Å²) in [6, 6.07) is 0. The molecule has 0 bridgehead atoms. The van der Waals surface area contributed by atoms with Gasteiger partial charge in [-0.05, 0) is 47.5 Å². The lowest BCUT2D eigenvalue weighted by molar-refractivity contribution is 0.138. The molecule has 0 unspecified atom stereocenters. The van der Waals surface area contributed by atoms with Crippen molar-refractivity contribution in [2.24, 2.45) is 0 Å². The molecule has 0 aromatic heterocycles. The van der Waals surface area contributed by atoms with Gasteiger partial charge in [-0.25, -0.2) is 0 Å². The summed E-state index contributed by atoms with van der Waals surface area (Å²) in [7, 11) is -0.197. The largest absolute Gasteiger partial charge is 0.486 e. The first-order valence-corrected chi connectivity index (χ1v) is 6.43. The predicted octanol–water partition coefficient (Wildman–Crippen LogP) is 4.00. The normalized spacial score (nSPS) is 12.6. The summed E-state index contributed by atoms with van der Waals surface area (Å²) in [5.41, 5.74) is 1.35. The van der Waals surface area contributed by atoms with Gasteiger partial charge in [-0.3, -0.25) is 0 Å². The molecule has 0 spiro atoms. The first-order chi connectivity index (χ1) is 7.45. The van der Waals surface area contributed by atoms with Crippen LogP contribution in [0.5, 0.6) is 0 Å². The first-order valence-electron chi connectivity index (χ1n) is 6.43. The Hall–Kier alpha value is -0.275. The van der Waals surface area contributed by atoms with E-state index in [1.54, 1.807) is 0 Å². The molecule has 0 heterocycles. The van der Waals surface area contributed by atoms with Gasteiger partial charge in [0.2, 0.25) is 0 Å². The molecular formula is C13H27BO2. The molecule has 16 heavy (non-hydrogen) atoms. The maximum atomic E-state index is 5.71. The molecule has 0 amide bonds. The van der Waals surface area contributed by atoms with Crippen molar-refractivity contribution in [3.05, 3.63) is 11.5 Å². The van der Waals surface area contributed by atoms with Gasteiger partial charge in [-0.2, -0.15) is 0 Å². The van der Waals surface area contributed by atoms with Crippen molar-refractivity contribution in [3.63, 3.8) is 0 Å². The van der Waals surface area contributed by atoms with Crippen LogP contribution in [0, 0.1) is 0 Å². The van der Waals surface area contributed by atoms with E-state index in [1.807, 2.05) is 27.7 Å². The molecule has 3 heteroatoms. The lowest BCUT2D eigenvalue weighted by Gasteiger charge is -2.17. The molecule has 2 nitrogen and oxygen atoms in total. The van der Waals surface area contributed by atoms with Gasteiger partial charge in [0, 0.05) is 12.2 Å². The Morgan fingerprint density at radius 1 is 1.12 bits per heavy atom. The highest BCUT2D eigenvalue weighted by Crippen LogP contribution is 2.10. The van der Waals surface area contributed by atoms with Crippen molar-refractivity contribution in [3.8, 4) is 0 Å². The van der Waals surface area contributed by atoms with E-state index in [4.69, 9.17) is 9.31 Å². The molecule has 0 atom stereocenters. The van der Waals surface area contributed by atoms with Gasteiger partial charge in [0.1, 0.15) is 0 Å². The first kappa shape index (κ1) is 15.7. The average Bonchev–Trinajstić information content (AvgIpc) is 2.12. The third-order valence-corrected chi connectivity index (χ3v) is 2.16. The zero-order valence-electron chi connectivity index (χ0n) is 11.7. The smallest absolute Gasteiger partial charge is 0.405 e. The van der Waals surface area contributed by atoms with Crippen LogP contribution in [0.3, 0.4) is 0 Å². The summed E-state index contributed by atoms with van der Waals surface area (Å²) in [6.45, 7) is 12.5. The second kappa shape index (κ2) is 8.83. The van der Waals surface area contributed by atoms with Crippen LogP contribution in [0.1, 0.15) is 60.8 Å². The summed E-state index contributed by atoms with van der Waals surface area (Å²) < 4.78 is 11.4. The fourth-order valence-electron chi connectivity index (χ4n) is 1.42. The van der Waals surface area contributed by atoms with Crippen LogP contribution in [0.2, 0.25) is 0 Å². The van der Waals surface area contributed by atoms with Crippen molar-refractivity contribution >= 4 is 7.12 Å². The molecule has 0 N–H and O–H groups in total. The van der Waals surface area contributed by atoms with Crippen molar-refractivity contribution in [2.45, 2.75) is 73.0 Å². The molecule has 94 valence electrons. The molecule has 0 aliphatic rings. The van der Waals surface area contributed by atoms with E-state index < -0.39 is 0 Å². The van der Waals surface area contributed by atoms with Crippen LogP contribution in [-0.2, 0) is 9.31 Å². The number of unbranched alkanes of at least 4 members (excludes halogenated alkanes) is 1. The monoisotopic (exact) mass is 226 g/mol. The fourth-order valence-corrected chi connectivity index (χ4v) is 1.42. The summed E-state index contributed by atoms with van der Waals surface area (Å²) >= 11 is 0. The SMILES string of the molecule is CCCC/C(C)=C/B(OC(C)C)OC(C)C. The van der Waals surface area contributed by atoms with E-state index in [9.17, 15) is 0 Å². The molecule has 0 aliphatic heterocycles. The number of hydrogen-bond acceptors (Lipinski definition) is 2. The highest BCUT2D eigenvalue weighted by molar-refractivity contribution is 6.51. The fraction of sp³-hybridized carbons (Fsp3) is 0.846. The molecule has 0 fully saturated rings. The molecule has 0 radical (unpaired) electrons. The Labute approximate surface area is 102 Å². The minimum Gasteiger partial charge on any atom is -0.405 e. The van der Waals surface area contributed by atoms with E-state index in [0.29, 0.717) is 0 Å². The Bertz CT molecular complexity index is 190. The second-order valence-electron chi connectivity index (χ2n) is 4.85. The summed E-state index contributed by atoms with van der Waals surface area (Å²) in [5, 5.41) is 0. The standard InChI is InChI=1S/C13H27BO2/c1-7-8-9-13(6)10-14(15-11(2)3)16-12(4)5/h10-12H,7-9H2,1-6H3/b13-10+. The van der Waals surface area contributed by atoms with Gasteiger partial charge in [0.15, 0.2) is 0 Å². The molecule has 0 aromatic carbocycles. The lowest BCUT2D eigenvalue weighted by atomic mass is 9.85. The Morgan fingerprint density at radius 2 is 1.62 bits per heavy atom. The predicted molar refractivity (Wildman–Crippen MR) is 71.5 cm³/mol. The van der Waals surface area contributed by atoms with E-state index in [0.717, 1.165) is 6.42 Å². The van der Waals surface area contributed by atoms with Crippen LogP contribution >= 0.6 is 0 Å². The van der Waals surface area contributed by atoms with Crippen molar-refractivity contribution in [1.29, 1.82) is 0 Å². The third kappa shape index (κ3) is 8.99. The van der Waals surface area contributed by atoms with Crippen LogP contribution < -0.4 is 0 Å². The van der Waals surface area contributed by atoms with E-state index in [-0.39, 0.29) is 19.3 Å². The maximum absolute atomic E-state index is 5.71. The summed E-state index contributed by atoms with van der Waals surface area (Å²) in [4.78, 5) is 0. The minimum atomic E-state index is -0.197. The van der Waals surface area contributed by atoms with Crippen molar-refractivity contribution in [2.75, 3.05) is 0 Å². The quantitative estimate of drug-likeness (QED) is 0.582. The minimum absolute atomic E-state index is 0.193. The number of rotatable bonds is 8. The van der Waals surface area contributed by atoms with Gasteiger partial charge in [-0.1, -0.05) is 24.9 Å². The van der Waals surface area contributed by atoms with Gasteiger partial charge in [0.25, 0.3) is 0 Å². The van der Waals surface area contributed by atoms with Gasteiger partial charge >= 0.3 is 7.12 Å². The van der Waals surface area contributed by atoms with Gasteiger partial charge in [-0.15, -0.1) is 0 Å². The van der Waals surface area contributed by atoms with Crippen LogP contribution in [-0.4, -0.2) is 19.3 Å². The zero-order chi connectivity index (χ0) is 12.6. The highest BCUT2D eigenvalue weighted by Gasteiger charge is 2.18. The second-order valence-corrected chi connectivity index (χ2v) is 4.85. The lowest BCUT2D eigenvalue weighted by Crippen LogP contribution is -2.28. The molecule has 0 saturated carbocycles. The zero-order valence-corrected chi connectivity index (χ0v) is 11.7. The van der Waals surface area contributed by atoms with Crippen LogP contribution in [0.25, 0.3) is 0 Å². The maximum Gasteiger partial charge on any atom is 0.486 e. The van der Waals surface area contributed by atoms with Crippen LogP contribution in [0.15, 0.2) is 11.5 Å². The number of hydrogen-bond donors (Lipinski definition) is 0. The molecule has 0 rings (SSSR count).